The van der Waals surface area contributed by atoms with Gasteiger partial charge < -0.3 is 10.1 Å². The molecule has 1 N–H and O–H groups in total. The molecule has 70 valence electrons. The molecule has 2 heterocycles. The first-order valence-electron chi connectivity index (χ1n) is 5.01. The zero-order valence-electron chi connectivity index (χ0n) is 8.15. The van der Waals surface area contributed by atoms with Gasteiger partial charge in [0.25, 0.3) is 0 Å². The SMILES string of the molecule is CC1(C)OCCC12CCNCC2. The highest BCUT2D eigenvalue weighted by atomic mass is 16.5. The van der Waals surface area contributed by atoms with Crippen LogP contribution in [0.5, 0.6) is 0 Å². The smallest absolute Gasteiger partial charge is 0.0684 e. The molecule has 2 rings (SSSR count). The van der Waals surface area contributed by atoms with Crippen LogP contribution in [0, 0.1) is 5.41 Å². The topological polar surface area (TPSA) is 21.3 Å². The molecule has 2 aliphatic rings. The van der Waals surface area contributed by atoms with Crippen LogP contribution in [0.15, 0.2) is 0 Å². The van der Waals surface area contributed by atoms with E-state index >= 15 is 0 Å². The summed E-state index contributed by atoms with van der Waals surface area (Å²) in [5.74, 6) is 0. The lowest BCUT2D eigenvalue weighted by Crippen LogP contribution is -2.47. The molecule has 2 saturated heterocycles. The highest BCUT2D eigenvalue weighted by Crippen LogP contribution is 2.49. The van der Waals surface area contributed by atoms with Crippen LogP contribution in [0.1, 0.15) is 33.1 Å². The molecule has 12 heavy (non-hydrogen) atoms. The quantitative estimate of drug-likeness (QED) is 0.594. The van der Waals surface area contributed by atoms with Gasteiger partial charge >= 0.3 is 0 Å². The normalized spacial score (nSPS) is 32.5. The summed E-state index contributed by atoms with van der Waals surface area (Å²) < 4.78 is 5.81. The summed E-state index contributed by atoms with van der Waals surface area (Å²) in [6, 6.07) is 0. The Morgan fingerprint density at radius 1 is 1.08 bits per heavy atom. The number of piperidine rings is 1. The van der Waals surface area contributed by atoms with Crippen molar-refractivity contribution in [1.82, 2.24) is 5.32 Å². The molecule has 0 atom stereocenters. The fourth-order valence-electron chi connectivity index (χ4n) is 2.71. The Morgan fingerprint density at radius 2 is 1.75 bits per heavy atom. The Hall–Kier alpha value is -0.0800. The molecule has 0 aromatic rings. The van der Waals surface area contributed by atoms with Gasteiger partial charge in [-0.2, -0.15) is 0 Å². The summed E-state index contributed by atoms with van der Waals surface area (Å²) in [7, 11) is 0. The second-order valence-corrected chi connectivity index (χ2v) is 4.64. The van der Waals surface area contributed by atoms with Gasteiger partial charge in [-0.3, -0.25) is 0 Å². The van der Waals surface area contributed by atoms with Gasteiger partial charge in [-0.15, -0.1) is 0 Å². The first-order chi connectivity index (χ1) is 5.66. The van der Waals surface area contributed by atoms with E-state index in [2.05, 4.69) is 19.2 Å². The summed E-state index contributed by atoms with van der Waals surface area (Å²) >= 11 is 0. The second kappa shape index (κ2) is 2.71. The summed E-state index contributed by atoms with van der Waals surface area (Å²) in [4.78, 5) is 0. The molecule has 0 amide bonds. The molecule has 0 aromatic carbocycles. The van der Waals surface area contributed by atoms with Crippen molar-refractivity contribution in [2.45, 2.75) is 38.7 Å². The number of rotatable bonds is 0. The maximum absolute atomic E-state index is 5.81. The fraction of sp³-hybridized carbons (Fsp3) is 1.00. The molecule has 2 heteroatoms. The Kier molecular flexibility index (Phi) is 1.92. The molecule has 2 aliphatic heterocycles. The van der Waals surface area contributed by atoms with Gasteiger partial charge in [-0.25, -0.2) is 0 Å². The van der Waals surface area contributed by atoms with Crippen molar-refractivity contribution in [2.75, 3.05) is 19.7 Å². The molecule has 0 radical (unpaired) electrons. The van der Waals surface area contributed by atoms with E-state index in [1.54, 1.807) is 0 Å². The van der Waals surface area contributed by atoms with Crippen LogP contribution in [-0.4, -0.2) is 25.3 Å². The van der Waals surface area contributed by atoms with Gasteiger partial charge in [0.2, 0.25) is 0 Å². The molecule has 0 aromatic heterocycles. The van der Waals surface area contributed by atoms with Gasteiger partial charge in [0, 0.05) is 12.0 Å². The average Bonchev–Trinajstić information content (AvgIpc) is 2.30. The monoisotopic (exact) mass is 169 g/mol. The largest absolute Gasteiger partial charge is 0.375 e. The molecular weight excluding hydrogens is 150 g/mol. The fourth-order valence-corrected chi connectivity index (χ4v) is 2.71. The van der Waals surface area contributed by atoms with Crippen molar-refractivity contribution < 1.29 is 4.74 Å². The van der Waals surface area contributed by atoms with Gasteiger partial charge in [-0.1, -0.05) is 0 Å². The van der Waals surface area contributed by atoms with E-state index in [0.29, 0.717) is 5.41 Å². The minimum Gasteiger partial charge on any atom is -0.375 e. The lowest BCUT2D eigenvalue weighted by atomic mass is 9.67. The lowest BCUT2D eigenvalue weighted by Gasteiger charge is -2.43. The van der Waals surface area contributed by atoms with E-state index < -0.39 is 0 Å². The minimum atomic E-state index is 0.120. The average molecular weight is 169 g/mol. The first kappa shape index (κ1) is 8.52. The van der Waals surface area contributed by atoms with Gasteiger partial charge in [-0.05, 0) is 46.2 Å². The van der Waals surface area contributed by atoms with Crippen LogP contribution in [0.3, 0.4) is 0 Å². The molecule has 2 nitrogen and oxygen atoms in total. The van der Waals surface area contributed by atoms with Gasteiger partial charge in [0.05, 0.1) is 5.60 Å². The zero-order chi connectivity index (χ0) is 8.66. The second-order valence-electron chi connectivity index (χ2n) is 4.64. The molecule has 0 unspecified atom stereocenters. The van der Waals surface area contributed by atoms with E-state index in [1.807, 2.05) is 0 Å². The van der Waals surface area contributed by atoms with E-state index in [4.69, 9.17) is 4.74 Å². The zero-order valence-corrected chi connectivity index (χ0v) is 8.15. The van der Waals surface area contributed by atoms with Crippen molar-refractivity contribution in [2.24, 2.45) is 5.41 Å². The Bertz CT molecular complexity index is 171. The van der Waals surface area contributed by atoms with Crippen LogP contribution in [0.2, 0.25) is 0 Å². The summed E-state index contributed by atoms with van der Waals surface area (Å²) in [5, 5.41) is 3.42. The van der Waals surface area contributed by atoms with E-state index in [-0.39, 0.29) is 5.60 Å². The van der Waals surface area contributed by atoms with E-state index in [0.717, 1.165) is 6.61 Å². The van der Waals surface area contributed by atoms with Crippen molar-refractivity contribution in [3.05, 3.63) is 0 Å². The van der Waals surface area contributed by atoms with Crippen LogP contribution in [-0.2, 0) is 4.74 Å². The van der Waals surface area contributed by atoms with E-state index in [1.165, 1.54) is 32.4 Å². The summed E-state index contributed by atoms with van der Waals surface area (Å²) in [5.41, 5.74) is 0.605. The number of hydrogen-bond acceptors (Lipinski definition) is 2. The first-order valence-corrected chi connectivity index (χ1v) is 5.01. The Morgan fingerprint density at radius 3 is 2.25 bits per heavy atom. The molecule has 0 saturated carbocycles. The van der Waals surface area contributed by atoms with Gasteiger partial charge in [0.1, 0.15) is 0 Å². The number of ether oxygens (including phenoxy) is 1. The number of nitrogens with one attached hydrogen (secondary N) is 1. The van der Waals surface area contributed by atoms with E-state index in [9.17, 15) is 0 Å². The van der Waals surface area contributed by atoms with Crippen molar-refractivity contribution in [3.8, 4) is 0 Å². The molecular formula is C10H19NO. The lowest BCUT2D eigenvalue weighted by molar-refractivity contribution is -0.0457. The summed E-state index contributed by atoms with van der Waals surface area (Å²) in [6.07, 6.45) is 3.85. The highest BCUT2D eigenvalue weighted by Gasteiger charge is 2.49. The number of hydrogen-bond donors (Lipinski definition) is 1. The molecule has 2 fully saturated rings. The molecule has 0 bridgehead atoms. The standard InChI is InChI=1S/C10H19NO/c1-9(2)10(5-8-12-9)3-6-11-7-4-10/h11H,3-8H2,1-2H3. The predicted octanol–water partition coefficient (Wildman–Crippen LogP) is 1.56. The Balaban J connectivity index is 2.17. The maximum atomic E-state index is 5.81. The van der Waals surface area contributed by atoms with Crippen molar-refractivity contribution in [1.29, 1.82) is 0 Å². The molecule has 1 spiro atoms. The van der Waals surface area contributed by atoms with Gasteiger partial charge in [0.15, 0.2) is 0 Å². The van der Waals surface area contributed by atoms with Crippen LogP contribution in [0.4, 0.5) is 0 Å². The molecule has 0 aliphatic carbocycles. The van der Waals surface area contributed by atoms with Crippen LogP contribution >= 0.6 is 0 Å². The third-order valence-electron chi connectivity index (χ3n) is 3.88. The maximum Gasteiger partial charge on any atom is 0.0684 e. The Labute approximate surface area is 74.7 Å². The highest BCUT2D eigenvalue weighted by molar-refractivity contribution is 5.00. The van der Waals surface area contributed by atoms with Crippen LogP contribution < -0.4 is 5.32 Å². The van der Waals surface area contributed by atoms with Crippen LogP contribution in [0.25, 0.3) is 0 Å². The van der Waals surface area contributed by atoms with Crippen molar-refractivity contribution >= 4 is 0 Å². The van der Waals surface area contributed by atoms with Crippen molar-refractivity contribution in [3.63, 3.8) is 0 Å². The predicted molar refractivity (Wildman–Crippen MR) is 49.2 cm³/mol. The third-order valence-corrected chi connectivity index (χ3v) is 3.88. The summed E-state index contributed by atoms with van der Waals surface area (Å²) in [6.45, 7) is 7.82. The minimum absolute atomic E-state index is 0.120. The third kappa shape index (κ3) is 1.09.